The van der Waals surface area contributed by atoms with Crippen LogP contribution in [0.4, 0.5) is 4.79 Å². The molecule has 198 valence electrons. The molecule has 2 aromatic rings. The van der Waals surface area contributed by atoms with Crippen molar-refractivity contribution in [3.05, 3.63) is 59.7 Å². The fourth-order valence-corrected chi connectivity index (χ4v) is 5.93. The molecule has 0 aromatic heterocycles. The number of benzene rings is 2. The highest BCUT2D eigenvalue weighted by Gasteiger charge is 2.30. The van der Waals surface area contributed by atoms with Crippen molar-refractivity contribution in [3.8, 4) is 11.1 Å². The van der Waals surface area contributed by atoms with E-state index in [1.54, 1.807) is 18.8 Å². The summed E-state index contributed by atoms with van der Waals surface area (Å²) in [6, 6.07) is 16.4. The van der Waals surface area contributed by atoms with Gasteiger partial charge in [-0.2, -0.15) is 11.8 Å². The number of nitrogens with zero attached hydrogens (tertiary/aromatic N) is 1. The molecule has 1 saturated heterocycles. The van der Waals surface area contributed by atoms with E-state index in [2.05, 4.69) is 34.9 Å². The van der Waals surface area contributed by atoms with Crippen molar-refractivity contribution in [1.82, 2.24) is 15.5 Å². The largest absolute Gasteiger partial charge is 0.449 e. The summed E-state index contributed by atoms with van der Waals surface area (Å²) in [6.45, 7) is 1.48. The molecular weight excluding hydrogens is 486 g/mol. The van der Waals surface area contributed by atoms with E-state index in [9.17, 15) is 14.4 Å². The van der Waals surface area contributed by atoms with Crippen LogP contribution in [-0.2, 0) is 14.3 Å². The molecule has 37 heavy (non-hydrogen) atoms. The quantitative estimate of drug-likeness (QED) is 0.482. The lowest BCUT2D eigenvalue weighted by molar-refractivity contribution is -0.135. The molecule has 1 unspecified atom stereocenters. The van der Waals surface area contributed by atoms with E-state index in [4.69, 9.17) is 4.74 Å². The summed E-state index contributed by atoms with van der Waals surface area (Å²) in [4.78, 5) is 39.3. The predicted octanol–water partition coefficient (Wildman–Crippen LogP) is 4.41. The fraction of sp³-hybridized carbons (Fsp3) is 0.483. The van der Waals surface area contributed by atoms with Crippen molar-refractivity contribution in [2.75, 3.05) is 38.8 Å². The number of nitrogens with one attached hydrogen (secondary N) is 2. The van der Waals surface area contributed by atoms with E-state index in [1.807, 2.05) is 35.4 Å². The zero-order chi connectivity index (χ0) is 26.2. The van der Waals surface area contributed by atoms with Gasteiger partial charge in [-0.15, -0.1) is 0 Å². The molecule has 1 heterocycles. The standard InChI is InChI=1S/C29H37N3O4S/c1-30-28(34)20-13-16-32(17-14-20)27(33)12-11-21(15-18-37-2)31-29(35)36-19-26-24-9-5-3-7-22(24)23-8-4-6-10-25(23)26/h3-10,20-21,26H,11-19H2,1-2H3,(H,30,34)(H,31,35). The molecule has 3 amide bonds. The molecule has 0 saturated carbocycles. The minimum absolute atomic E-state index is 0.0152. The predicted molar refractivity (Wildman–Crippen MR) is 148 cm³/mol. The van der Waals surface area contributed by atoms with E-state index >= 15 is 0 Å². The third-order valence-corrected chi connectivity index (χ3v) is 8.15. The molecule has 2 N–H and O–H groups in total. The number of piperidine rings is 1. The maximum Gasteiger partial charge on any atom is 0.407 e. The van der Waals surface area contributed by atoms with Gasteiger partial charge in [-0.25, -0.2) is 4.79 Å². The Balaban J connectivity index is 1.28. The van der Waals surface area contributed by atoms with Gasteiger partial charge in [0, 0.05) is 44.4 Å². The number of alkyl carbamates (subject to hydrolysis) is 1. The summed E-state index contributed by atoms with van der Waals surface area (Å²) >= 11 is 1.72. The summed E-state index contributed by atoms with van der Waals surface area (Å²) in [6.07, 6.45) is 4.70. The molecule has 0 bridgehead atoms. The number of hydrogen-bond acceptors (Lipinski definition) is 5. The van der Waals surface area contributed by atoms with Crippen LogP contribution in [0.2, 0.25) is 0 Å². The minimum Gasteiger partial charge on any atom is -0.449 e. The summed E-state index contributed by atoms with van der Waals surface area (Å²) in [5.41, 5.74) is 4.76. The second-order valence-electron chi connectivity index (χ2n) is 9.76. The number of likely N-dealkylation sites (tertiary alicyclic amines) is 1. The van der Waals surface area contributed by atoms with Crippen LogP contribution >= 0.6 is 11.8 Å². The first-order chi connectivity index (χ1) is 18.0. The minimum atomic E-state index is -0.438. The van der Waals surface area contributed by atoms with Gasteiger partial charge in [0.15, 0.2) is 0 Å². The maximum absolute atomic E-state index is 12.8. The van der Waals surface area contributed by atoms with Gasteiger partial charge in [-0.1, -0.05) is 48.5 Å². The van der Waals surface area contributed by atoms with Gasteiger partial charge in [0.25, 0.3) is 0 Å². The highest BCUT2D eigenvalue weighted by atomic mass is 32.2. The average Bonchev–Trinajstić information content (AvgIpc) is 3.26. The Morgan fingerprint density at radius 1 is 1.00 bits per heavy atom. The third kappa shape index (κ3) is 6.66. The molecule has 2 aromatic carbocycles. The van der Waals surface area contributed by atoms with Crippen LogP contribution in [-0.4, -0.2) is 67.6 Å². The van der Waals surface area contributed by atoms with Gasteiger partial charge in [-0.05, 0) is 59.9 Å². The van der Waals surface area contributed by atoms with Gasteiger partial charge in [-0.3, -0.25) is 9.59 Å². The Labute approximate surface area is 223 Å². The van der Waals surface area contributed by atoms with Crippen LogP contribution in [0.15, 0.2) is 48.5 Å². The molecule has 1 aliphatic carbocycles. The molecule has 0 spiro atoms. The number of ether oxygens (including phenoxy) is 1. The van der Waals surface area contributed by atoms with Crippen molar-refractivity contribution < 1.29 is 19.1 Å². The SMILES string of the molecule is CNC(=O)C1CCN(C(=O)CCC(CCSC)NC(=O)OCC2c3ccccc3-c3ccccc32)CC1. The van der Waals surface area contributed by atoms with Crippen LogP contribution in [0.25, 0.3) is 11.1 Å². The molecule has 8 heteroatoms. The van der Waals surface area contributed by atoms with Crippen LogP contribution in [0.5, 0.6) is 0 Å². The number of carbonyl (C=O) groups excluding carboxylic acids is 3. The van der Waals surface area contributed by atoms with Crippen LogP contribution in [0.1, 0.15) is 49.1 Å². The fourth-order valence-electron chi connectivity index (χ4n) is 5.41. The van der Waals surface area contributed by atoms with E-state index in [0.29, 0.717) is 38.8 Å². The smallest absolute Gasteiger partial charge is 0.407 e. The summed E-state index contributed by atoms with van der Waals surface area (Å²) < 4.78 is 5.73. The van der Waals surface area contributed by atoms with Crippen molar-refractivity contribution in [3.63, 3.8) is 0 Å². The summed E-state index contributed by atoms with van der Waals surface area (Å²) in [5.74, 6) is 1.02. The number of fused-ring (bicyclic) bond motifs is 3. The molecule has 2 aliphatic rings. The van der Waals surface area contributed by atoms with Gasteiger partial charge >= 0.3 is 6.09 Å². The van der Waals surface area contributed by atoms with Crippen LogP contribution < -0.4 is 10.6 Å². The number of amides is 3. The number of thioether (sulfide) groups is 1. The van der Waals surface area contributed by atoms with Crippen LogP contribution in [0.3, 0.4) is 0 Å². The van der Waals surface area contributed by atoms with Crippen LogP contribution in [0, 0.1) is 5.92 Å². The second kappa shape index (κ2) is 13.0. The molecule has 1 atom stereocenters. The molecule has 7 nitrogen and oxygen atoms in total. The van der Waals surface area contributed by atoms with E-state index < -0.39 is 6.09 Å². The highest BCUT2D eigenvalue weighted by molar-refractivity contribution is 7.98. The molecule has 1 fully saturated rings. The van der Waals surface area contributed by atoms with E-state index in [0.717, 1.165) is 12.2 Å². The van der Waals surface area contributed by atoms with Crippen molar-refractivity contribution in [1.29, 1.82) is 0 Å². The first-order valence-electron chi connectivity index (χ1n) is 13.1. The lowest BCUT2D eigenvalue weighted by Gasteiger charge is -2.31. The normalized spacial score (nSPS) is 16.0. The van der Waals surface area contributed by atoms with Crippen molar-refractivity contribution in [2.24, 2.45) is 5.92 Å². The van der Waals surface area contributed by atoms with Gasteiger partial charge in [0.2, 0.25) is 11.8 Å². The van der Waals surface area contributed by atoms with E-state index in [-0.39, 0.29) is 36.3 Å². The molecule has 0 radical (unpaired) electrons. The average molecular weight is 524 g/mol. The topological polar surface area (TPSA) is 87.7 Å². The second-order valence-corrected chi connectivity index (χ2v) is 10.7. The van der Waals surface area contributed by atoms with Crippen molar-refractivity contribution in [2.45, 2.75) is 44.1 Å². The Morgan fingerprint density at radius 2 is 1.62 bits per heavy atom. The zero-order valence-corrected chi connectivity index (χ0v) is 22.5. The number of carbonyl (C=O) groups is 3. The molecular formula is C29H37N3O4S. The summed E-state index contributed by atoms with van der Waals surface area (Å²) in [7, 11) is 1.65. The summed E-state index contributed by atoms with van der Waals surface area (Å²) in [5, 5.41) is 5.71. The maximum atomic E-state index is 12.8. The Kier molecular flexibility index (Phi) is 9.50. The Hall–Kier alpha value is -3.00. The van der Waals surface area contributed by atoms with Gasteiger partial charge in [0.05, 0.1) is 0 Å². The number of rotatable bonds is 10. The monoisotopic (exact) mass is 523 g/mol. The molecule has 1 aliphatic heterocycles. The Bertz CT molecular complexity index is 1050. The van der Waals surface area contributed by atoms with Crippen molar-refractivity contribution >= 4 is 29.7 Å². The van der Waals surface area contributed by atoms with Gasteiger partial charge in [0.1, 0.15) is 6.61 Å². The molecule has 4 rings (SSSR count). The first-order valence-corrected chi connectivity index (χ1v) is 14.5. The van der Waals surface area contributed by atoms with E-state index in [1.165, 1.54) is 22.3 Å². The van der Waals surface area contributed by atoms with Gasteiger partial charge < -0.3 is 20.3 Å². The first kappa shape index (κ1) is 27.0. The lowest BCUT2D eigenvalue weighted by Crippen LogP contribution is -2.43. The Morgan fingerprint density at radius 3 is 2.22 bits per heavy atom. The number of hydrogen-bond donors (Lipinski definition) is 2. The highest BCUT2D eigenvalue weighted by Crippen LogP contribution is 2.44. The lowest BCUT2D eigenvalue weighted by atomic mass is 9.95. The zero-order valence-electron chi connectivity index (χ0n) is 21.7. The third-order valence-electron chi connectivity index (χ3n) is 7.51.